The Morgan fingerprint density at radius 3 is 2.42 bits per heavy atom. The van der Waals surface area contributed by atoms with Crippen LogP contribution in [-0.4, -0.2) is 56.8 Å². The molecule has 0 aromatic heterocycles. The number of sulfonamides is 1. The summed E-state index contributed by atoms with van der Waals surface area (Å²) in [5.41, 5.74) is 1.88. The molecule has 0 aliphatic carbocycles. The highest BCUT2D eigenvalue weighted by Crippen LogP contribution is 2.32. The van der Waals surface area contributed by atoms with Crippen molar-refractivity contribution in [1.82, 2.24) is 9.21 Å². The van der Waals surface area contributed by atoms with Crippen molar-refractivity contribution in [3.8, 4) is 5.75 Å². The minimum absolute atomic E-state index is 0.0435. The zero-order valence-electron chi connectivity index (χ0n) is 16.4. The summed E-state index contributed by atoms with van der Waals surface area (Å²) in [5.74, 6) is 0.114. The number of benzene rings is 1. The molecule has 0 N–H and O–H groups in total. The number of amides is 1. The molecular formula is C19H30N2O4S. The average molecular weight is 383 g/mol. The first-order chi connectivity index (χ1) is 12.3. The number of nitrogens with zero attached hydrogens (tertiary/aromatic N) is 2. The summed E-state index contributed by atoms with van der Waals surface area (Å²) in [6, 6.07) is 3.42. The van der Waals surface area contributed by atoms with E-state index in [2.05, 4.69) is 0 Å². The Bertz CT molecular complexity index is 757. The molecule has 146 valence electrons. The van der Waals surface area contributed by atoms with Crippen molar-refractivity contribution in [1.29, 1.82) is 0 Å². The minimum atomic E-state index is -3.71. The maximum atomic E-state index is 13.2. The quantitative estimate of drug-likeness (QED) is 0.758. The molecule has 6 nitrogen and oxygen atoms in total. The summed E-state index contributed by atoms with van der Waals surface area (Å²) in [6.07, 6.45) is 1.41. The number of methoxy groups -OCH3 is 1. The molecule has 1 aromatic carbocycles. The zero-order chi connectivity index (χ0) is 19.5. The number of piperidine rings is 1. The van der Waals surface area contributed by atoms with Gasteiger partial charge < -0.3 is 9.64 Å². The Balaban J connectivity index is 2.32. The van der Waals surface area contributed by atoms with E-state index in [4.69, 9.17) is 4.74 Å². The van der Waals surface area contributed by atoms with Crippen LogP contribution in [-0.2, 0) is 14.8 Å². The predicted octanol–water partition coefficient (Wildman–Crippen LogP) is 2.58. The number of carbonyl (C=O) groups excluding carboxylic acids is 1. The van der Waals surface area contributed by atoms with E-state index in [9.17, 15) is 13.2 Å². The van der Waals surface area contributed by atoms with Crippen LogP contribution < -0.4 is 4.74 Å². The van der Waals surface area contributed by atoms with Crippen molar-refractivity contribution in [2.24, 2.45) is 5.92 Å². The fourth-order valence-corrected chi connectivity index (χ4v) is 5.17. The molecule has 1 heterocycles. The molecule has 1 unspecified atom stereocenters. The third-order valence-corrected chi connectivity index (χ3v) is 7.09. The topological polar surface area (TPSA) is 66.9 Å². The van der Waals surface area contributed by atoms with E-state index < -0.39 is 10.0 Å². The smallest absolute Gasteiger partial charge is 0.246 e. The fraction of sp³-hybridized carbons (Fsp3) is 0.632. The van der Waals surface area contributed by atoms with Gasteiger partial charge in [0.1, 0.15) is 10.6 Å². The molecule has 2 rings (SSSR count). The van der Waals surface area contributed by atoms with E-state index >= 15 is 0 Å². The molecule has 0 radical (unpaired) electrons. The SMILES string of the molecule is CCN(CC)C(=O)C1CCCN(S(=O)(=O)c2cc(C)c(C)cc2OC)C1. The van der Waals surface area contributed by atoms with E-state index in [0.717, 1.165) is 17.5 Å². The number of hydrogen-bond acceptors (Lipinski definition) is 4. The van der Waals surface area contributed by atoms with Crippen molar-refractivity contribution in [3.63, 3.8) is 0 Å². The first-order valence-corrected chi connectivity index (χ1v) is 10.6. The molecule has 7 heteroatoms. The second kappa shape index (κ2) is 8.39. The van der Waals surface area contributed by atoms with Crippen LogP contribution in [0.1, 0.15) is 37.8 Å². The standard InChI is InChI=1S/C19H30N2O4S/c1-6-20(7-2)19(22)16-9-8-10-21(13-16)26(23,24)18-12-15(4)14(3)11-17(18)25-5/h11-12,16H,6-10,13H2,1-5H3. The first kappa shape index (κ1) is 20.7. The van der Waals surface area contributed by atoms with Gasteiger partial charge in [-0.25, -0.2) is 8.42 Å². The molecule has 0 spiro atoms. The van der Waals surface area contributed by atoms with Gasteiger partial charge in [0.25, 0.3) is 0 Å². The zero-order valence-corrected chi connectivity index (χ0v) is 17.2. The van der Waals surface area contributed by atoms with E-state index in [1.807, 2.05) is 27.7 Å². The molecule has 26 heavy (non-hydrogen) atoms. The predicted molar refractivity (Wildman–Crippen MR) is 102 cm³/mol. The third-order valence-electron chi connectivity index (χ3n) is 5.21. The van der Waals surface area contributed by atoms with Gasteiger partial charge in [0.15, 0.2) is 0 Å². The van der Waals surface area contributed by atoms with Crippen LogP contribution in [0.15, 0.2) is 17.0 Å². The van der Waals surface area contributed by atoms with Crippen LogP contribution in [0.3, 0.4) is 0 Å². The average Bonchev–Trinajstić information content (AvgIpc) is 2.64. The lowest BCUT2D eigenvalue weighted by Gasteiger charge is -2.34. The van der Waals surface area contributed by atoms with Crippen LogP contribution in [0.25, 0.3) is 0 Å². The summed E-state index contributed by atoms with van der Waals surface area (Å²) in [5, 5.41) is 0. The molecule has 1 saturated heterocycles. The second-order valence-corrected chi connectivity index (χ2v) is 8.71. The van der Waals surface area contributed by atoms with Gasteiger partial charge in [0.05, 0.1) is 13.0 Å². The lowest BCUT2D eigenvalue weighted by Crippen LogP contribution is -2.46. The van der Waals surface area contributed by atoms with Crippen LogP contribution in [0.4, 0.5) is 0 Å². The lowest BCUT2D eigenvalue weighted by molar-refractivity contribution is -0.136. The van der Waals surface area contributed by atoms with Gasteiger partial charge in [-0.05, 0) is 63.8 Å². The molecule has 1 atom stereocenters. The number of aryl methyl sites for hydroxylation is 2. The van der Waals surface area contributed by atoms with Crippen LogP contribution in [0.2, 0.25) is 0 Å². The largest absolute Gasteiger partial charge is 0.495 e. The highest BCUT2D eigenvalue weighted by Gasteiger charge is 2.36. The van der Waals surface area contributed by atoms with Crippen LogP contribution >= 0.6 is 0 Å². The van der Waals surface area contributed by atoms with Crippen molar-refractivity contribution in [2.45, 2.75) is 45.4 Å². The lowest BCUT2D eigenvalue weighted by atomic mass is 9.98. The maximum absolute atomic E-state index is 13.2. The van der Waals surface area contributed by atoms with Crippen molar-refractivity contribution < 1.29 is 17.9 Å². The molecule has 1 amide bonds. The summed E-state index contributed by atoms with van der Waals surface area (Å²) >= 11 is 0. The van der Waals surface area contributed by atoms with Crippen LogP contribution in [0.5, 0.6) is 5.75 Å². The normalized spacial score (nSPS) is 18.6. The van der Waals surface area contributed by atoms with E-state index in [1.54, 1.807) is 17.0 Å². The Morgan fingerprint density at radius 1 is 1.23 bits per heavy atom. The maximum Gasteiger partial charge on any atom is 0.246 e. The van der Waals surface area contributed by atoms with Crippen molar-refractivity contribution in [2.75, 3.05) is 33.3 Å². The van der Waals surface area contributed by atoms with Gasteiger partial charge in [-0.2, -0.15) is 4.31 Å². The summed E-state index contributed by atoms with van der Waals surface area (Å²) < 4.78 is 33.2. The molecule has 0 bridgehead atoms. The van der Waals surface area contributed by atoms with Crippen molar-refractivity contribution >= 4 is 15.9 Å². The van der Waals surface area contributed by atoms with E-state index in [0.29, 0.717) is 31.8 Å². The van der Waals surface area contributed by atoms with Crippen LogP contribution in [0, 0.1) is 19.8 Å². The van der Waals surface area contributed by atoms with Crippen molar-refractivity contribution in [3.05, 3.63) is 23.3 Å². The van der Waals surface area contributed by atoms with Gasteiger partial charge in [-0.1, -0.05) is 0 Å². The Hall–Kier alpha value is -1.60. The fourth-order valence-electron chi connectivity index (χ4n) is 3.42. The molecule has 1 fully saturated rings. The van der Waals surface area contributed by atoms with Gasteiger partial charge in [-0.15, -0.1) is 0 Å². The first-order valence-electron chi connectivity index (χ1n) is 9.20. The summed E-state index contributed by atoms with van der Waals surface area (Å²) in [7, 11) is -2.23. The minimum Gasteiger partial charge on any atom is -0.495 e. The highest BCUT2D eigenvalue weighted by atomic mass is 32.2. The van der Waals surface area contributed by atoms with E-state index in [1.165, 1.54) is 11.4 Å². The number of rotatable bonds is 6. The molecular weight excluding hydrogens is 352 g/mol. The molecule has 1 aliphatic rings. The van der Waals surface area contributed by atoms with Gasteiger partial charge in [0, 0.05) is 26.2 Å². The molecule has 1 aromatic rings. The van der Waals surface area contributed by atoms with Gasteiger partial charge >= 0.3 is 0 Å². The monoisotopic (exact) mass is 382 g/mol. The number of carbonyl (C=O) groups is 1. The number of ether oxygens (including phenoxy) is 1. The highest BCUT2D eigenvalue weighted by molar-refractivity contribution is 7.89. The van der Waals surface area contributed by atoms with E-state index in [-0.39, 0.29) is 23.3 Å². The Labute approximate surface area is 157 Å². The molecule has 0 saturated carbocycles. The number of hydrogen-bond donors (Lipinski definition) is 0. The third kappa shape index (κ3) is 4.04. The van der Waals surface area contributed by atoms with Gasteiger partial charge in [-0.3, -0.25) is 4.79 Å². The van der Waals surface area contributed by atoms with Gasteiger partial charge in [0.2, 0.25) is 15.9 Å². The molecule has 1 aliphatic heterocycles. The second-order valence-electron chi connectivity index (χ2n) is 6.80. The Morgan fingerprint density at radius 2 is 1.85 bits per heavy atom. The summed E-state index contributed by atoms with van der Waals surface area (Å²) in [6.45, 7) is 9.64. The summed E-state index contributed by atoms with van der Waals surface area (Å²) in [4.78, 5) is 14.6. The Kier molecular flexibility index (Phi) is 6.69.